The summed E-state index contributed by atoms with van der Waals surface area (Å²) in [4.78, 5) is 8.88. The highest BCUT2D eigenvalue weighted by atomic mass is 79.9. The topological polar surface area (TPSA) is 49.8 Å². The van der Waals surface area contributed by atoms with E-state index in [4.69, 9.17) is 11.6 Å². The fraction of sp³-hybridized carbons (Fsp3) is 0.286. The zero-order valence-electron chi connectivity index (χ0n) is 11.8. The molecule has 0 spiro atoms. The molecule has 112 valence electrons. The lowest BCUT2D eigenvalue weighted by Gasteiger charge is -2.10. The van der Waals surface area contributed by atoms with Gasteiger partial charge >= 0.3 is 0 Å². The first-order valence-electron chi connectivity index (χ1n) is 6.51. The first-order chi connectivity index (χ1) is 10.1. The van der Waals surface area contributed by atoms with Crippen LogP contribution in [0, 0.1) is 0 Å². The quantitative estimate of drug-likeness (QED) is 0.528. The number of anilines is 3. The third-order valence-electron chi connectivity index (χ3n) is 2.64. The van der Waals surface area contributed by atoms with Crippen molar-refractivity contribution in [1.82, 2.24) is 9.97 Å². The standard InChI is InChI=1S/C14H16BrClN4S/c1-3-6-17-12-8-13(20-14(19-12)21-2)18-9-4-5-10(15)11(16)7-9/h4-5,7-8H,3,6H2,1-2H3,(H2,17,18,19,20). The molecule has 0 aliphatic heterocycles. The molecule has 0 aliphatic carbocycles. The molecule has 2 aromatic rings. The van der Waals surface area contributed by atoms with Gasteiger partial charge in [0.05, 0.1) is 5.02 Å². The number of benzene rings is 1. The van der Waals surface area contributed by atoms with E-state index in [1.54, 1.807) is 0 Å². The van der Waals surface area contributed by atoms with E-state index >= 15 is 0 Å². The predicted molar refractivity (Wildman–Crippen MR) is 95.0 cm³/mol. The molecule has 21 heavy (non-hydrogen) atoms. The Morgan fingerprint density at radius 1 is 1.24 bits per heavy atom. The lowest BCUT2D eigenvalue weighted by molar-refractivity contribution is 0.929. The van der Waals surface area contributed by atoms with Crippen LogP contribution < -0.4 is 10.6 Å². The lowest BCUT2D eigenvalue weighted by Crippen LogP contribution is -2.05. The maximum atomic E-state index is 6.10. The zero-order valence-corrected chi connectivity index (χ0v) is 14.9. The Kier molecular flexibility index (Phi) is 6.14. The minimum absolute atomic E-state index is 0.656. The van der Waals surface area contributed by atoms with E-state index in [-0.39, 0.29) is 0 Å². The molecule has 0 saturated carbocycles. The summed E-state index contributed by atoms with van der Waals surface area (Å²) < 4.78 is 0.868. The first kappa shape index (κ1) is 16.4. The zero-order chi connectivity index (χ0) is 15.2. The second-order valence-electron chi connectivity index (χ2n) is 4.31. The number of thioether (sulfide) groups is 1. The van der Waals surface area contributed by atoms with Crippen LogP contribution in [0.1, 0.15) is 13.3 Å². The minimum atomic E-state index is 0.656. The Balaban J connectivity index is 2.23. The van der Waals surface area contributed by atoms with Gasteiger partial charge in [-0.1, -0.05) is 30.3 Å². The van der Waals surface area contributed by atoms with Gasteiger partial charge in [0.2, 0.25) is 0 Å². The average molecular weight is 388 g/mol. The fourth-order valence-electron chi connectivity index (χ4n) is 1.65. The normalized spacial score (nSPS) is 10.5. The van der Waals surface area contributed by atoms with Gasteiger partial charge in [0, 0.05) is 22.8 Å². The summed E-state index contributed by atoms with van der Waals surface area (Å²) in [5.74, 6) is 1.56. The molecule has 2 rings (SSSR count). The first-order valence-corrected chi connectivity index (χ1v) is 8.91. The maximum Gasteiger partial charge on any atom is 0.191 e. The second kappa shape index (κ2) is 7.87. The molecule has 7 heteroatoms. The van der Waals surface area contributed by atoms with Crippen molar-refractivity contribution in [3.05, 3.63) is 33.8 Å². The Labute approximate surface area is 142 Å². The van der Waals surface area contributed by atoms with Crippen molar-refractivity contribution in [2.24, 2.45) is 0 Å². The Hall–Kier alpha value is -0.980. The Morgan fingerprint density at radius 2 is 2.00 bits per heavy atom. The van der Waals surface area contributed by atoms with Crippen LogP contribution in [-0.4, -0.2) is 22.8 Å². The molecule has 1 heterocycles. The number of hydrogen-bond acceptors (Lipinski definition) is 5. The second-order valence-corrected chi connectivity index (χ2v) is 6.34. The van der Waals surface area contributed by atoms with Crippen LogP contribution in [-0.2, 0) is 0 Å². The number of aromatic nitrogens is 2. The molecule has 0 atom stereocenters. The molecule has 0 amide bonds. The molecule has 1 aromatic carbocycles. The molecule has 0 unspecified atom stereocenters. The van der Waals surface area contributed by atoms with Crippen LogP contribution in [0.2, 0.25) is 5.02 Å². The third-order valence-corrected chi connectivity index (χ3v) is 4.42. The SMILES string of the molecule is CCCNc1cc(Nc2ccc(Br)c(Cl)c2)nc(SC)n1. The monoisotopic (exact) mass is 386 g/mol. The van der Waals surface area contributed by atoms with Gasteiger partial charge in [-0.15, -0.1) is 0 Å². The van der Waals surface area contributed by atoms with Gasteiger partial charge < -0.3 is 10.6 Å². The molecule has 1 aromatic heterocycles. The summed E-state index contributed by atoms with van der Waals surface area (Å²) in [7, 11) is 0. The molecule has 2 N–H and O–H groups in total. The van der Waals surface area contributed by atoms with E-state index in [0.717, 1.165) is 39.9 Å². The van der Waals surface area contributed by atoms with Crippen LogP contribution in [0.25, 0.3) is 0 Å². The molecular weight excluding hydrogens is 372 g/mol. The van der Waals surface area contributed by atoms with Gasteiger partial charge in [0.25, 0.3) is 0 Å². The van der Waals surface area contributed by atoms with E-state index in [9.17, 15) is 0 Å². The molecular formula is C14H16BrClN4S. The predicted octanol–water partition coefficient (Wildman–Crippen LogP) is 5.18. The lowest BCUT2D eigenvalue weighted by atomic mass is 10.3. The van der Waals surface area contributed by atoms with E-state index in [2.05, 4.69) is 43.5 Å². The Morgan fingerprint density at radius 3 is 2.67 bits per heavy atom. The van der Waals surface area contributed by atoms with Crippen molar-refractivity contribution >= 4 is 56.6 Å². The summed E-state index contributed by atoms with van der Waals surface area (Å²) in [5, 5.41) is 7.91. The molecule has 0 aliphatic rings. The molecule has 4 nitrogen and oxygen atoms in total. The van der Waals surface area contributed by atoms with Crippen LogP contribution >= 0.6 is 39.3 Å². The molecule has 0 fully saturated rings. The van der Waals surface area contributed by atoms with Crippen molar-refractivity contribution in [2.45, 2.75) is 18.5 Å². The third kappa shape index (κ3) is 4.76. The highest BCUT2D eigenvalue weighted by Gasteiger charge is 2.05. The minimum Gasteiger partial charge on any atom is -0.370 e. The van der Waals surface area contributed by atoms with E-state index < -0.39 is 0 Å². The maximum absolute atomic E-state index is 6.10. The van der Waals surface area contributed by atoms with Crippen molar-refractivity contribution in [1.29, 1.82) is 0 Å². The largest absolute Gasteiger partial charge is 0.370 e. The number of nitrogens with one attached hydrogen (secondary N) is 2. The van der Waals surface area contributed by atoms with Crippen LogP contribution in [0.15, 0.2) is 33.9 Å². The van der Waals surface area contributed by atoms with Gasteiger partial charge in [-0.05, 0) is 46.8 Å². The Bertz CT molecular complexity index is 624. The van der Waals surface area contributed by atoms with E-state index in [1.165, 1.54) is 11.8 Å². The van der Waals surface area contributed by atoms with Gasteiger partial charge in [0.1, 0.15) is 11.6 Å². The van der Waals surface area contributed by atoms with Gasteiger partial charge in [-0.25, -0.2) is 9.97 Å². The van der Waals surface area contributed by atoms with Crippen molar-refractivity contribution < 1.29 is 0 Å². The number of nitrogens with zero attached hydrogens (tertiary/aromatic N) is 2. The van der Waals surface area contributed by atoms with Crippen LogP contribution in [0.5, 0.6) is 0 Å². The summed E-state index contributed by atoms with van der Waals surface area (Å²) in [5.41, 5.74) is 0.885. The van der Waals surface area contributed by atoms with E-state index in [1.807, 2.05) is 30.5 Å². The summed E-state index contributed by atoms with van der Waals surface area (Å²) in [6.07, 6.45) is 3.00. The van der Waals surface area contributed by atoms with E-state index in [0.29, 0.717) is 5.02 Å². The fourth-order valence-corrected chi connectivity index (χ4v) is 2.45. The number of rotatable bonds is 6. The van der Waals surface area contributed by atoms with Crippen molar-refractivity contribution in [3.63, 3.8) is 0 Å². The van der Waals surface area contributed by atoms with Gasteiger partial charge in [-0.2, -0.15) is 0 Å². The van der Waals surface area contributed by atoms with Crippen molar-refractivity contribution in [3.8, 4) is 0 Å². The molecule has 0 saturated heterocycles. The molecule has 0 bridgehead atoms. The van der Waals surface area contributed by atoms with Gasteiger partial charge in [0.15, 0.2) is 5.16 Å². The molecule has 0 radical (unpaired) electrons. The summed E-state index contributed by atoms with van der Waals surface area (Å²) >= 11 is 11.0. The smallest absolute Gasteiger partial charge is 0.191 e. The summed E-state index contributed by atoms with van der Waals surface area (Å²) in [6.45, 7) is 3.00. The van der Waals surface area contributed by atoms with Crippen LogP contribution in [0.3, 0.4) is 0 Å². The number of halogens is 2. The highest BCUT2D eigenvalue weighted by Crippen LogP contribution is 2.27. The summed E-state index contributed by atoms with van der Waals surface area (Å²) in [6, 6.07) is 7.59. The van der Waals surface area contributed by atoms with Crippen molar-refractivity contribution in [2.75, 3.05) is 23.4 Å². The van der Waals surface area contributed by atoms with Crippen LogP contribution in [0.4, 0.5) is 17.3 Å². The average Bonchev–Trinajstić information content (AvgIpc) is 2.48. The highest BCUT2D eigenvalue weighted by molar-refractivity contribution is 9.10. The number of hydrogen-bond donors (Lipinski definition) is 2. The van der Waals surface area contributed by atoms with Gasteiger partial charge in [-0.3, -0.25) is 0 Å².